The first kappa shape index (κ1) is 16.7. The molecule has 0 spiro atoms. The Hall–Kier alpha value is -1.34. The van der Waals surface area contributed by atoms with E-state index >= 15 is 0 Å². The van der Waals surface area contributed by atoms with Crippen LogP contribution in [0.3, 0.4) is 0 Å². The number of aliphatic hydroxyl groups excluding tert-OH is 1. The first-order chi connectivity index (χ1) is 9.21. The highest BCUT2D eigenvalue weighted by Crippen LogP contribution is 2.25. The fourth-order valence-electron chi connectivity index (χ4n) is 1.43. The van der Waals surface area contributed by atoms with Gasteiger partial charge in [-0.05, 0) is 6.07 Å². The number of ether oxygens (including phenoxy) is 1. The molecule has 1 aromatic rings. The predicted octanol–water partition coefficient (Wildman–Crippen LogP) is 2.63. The molecule has 0 aliphatic carbocycles. The van der Waals surface area contributed by atoms with E-state index in [1.807, 2.05) is 13.8 Å². The molecule has 1 rings (SSSR count). The molecule has 0 heterocycles. The number of para-hydroxylation sites is 1. The van der Waals surface area contributed by atoms with E-state index < -0.39 is 24.7 Å². The number of rotatable bonds is 6. The SMILES string of the molecule is CC(C)NCc1cccc(F)c1OCC(O)C(F)(F)F. The van der Waals surface area contributed by atoms with Crippen LogP contribution in [-0.2, 0) is 6.54 Å². The molecule has 0 amide bonds. The zero-order valence-corrected chi connectivity index (χ0v) is 11.2. The zero-order valence-electron chi connectivity index (χ0n) is 11.2. The first-order valence-corrected chi connectivity index (χ1v) is 6.10. The Bertz CT molecular complexity index is 435. The van der Waals surface area contributed by atoms with Crippen molar-refractivity contribution in [3.05, 3.63) is 29.6 Å². The number of alkyl halides is 3. The first-order valence-electron chi connectivity index (χ1n) is 6.10. The summed E-state index contributed by atoms with van der Waals surface area (Å²) in [5.41, 5.74) is 0.396. The van der Waals surface area contributed by atoms with E-state index in [4.69, 9.17) is 9.84 Å². The number of halogens is 4. The maximum Gasteiger partial charge on any atom is 0.417 e. The minimum atomic E-state index is -4.79. The van der Waals surface area contributed by atoms with Gasteiger partial charge in [-0.15, -0.1) is 0 Å². The third-order valence-corrected chi connectivity index (χ3v) is 2.51. The van der Waals surface area contributed by atoms with Crippen molar-refractivity contribution >= 4 is 0 Å². The molecule has 1 unspecified atom stereocenters. The molecule has 0 aliphatic heterocycles. The van der Waals surface area contributed by atoms with Gasteiger partial charge in [0.2, 0.25) is 0 Å². The maximum absolute atomic E-state index is 13.6. The molecule has 3 nitrogen and oxygen atoms in total. The zero-order chi connectivity index (χ0) is 15.3. The second-order valence-corrected chi connectivity index (χ2v) is 4.63. The van der Waals surface area contributed by atoms with Crippen molar-refractivity contribution in [2.45, 2.75) is 38.7 Å². The van der Waals surface area contributed by atoms with Crippen LogP contribution in [0.1, 0.15) is 19.4 Å². The molecule has 0 bridgehead atoms. The number of benzene rings is 1. The van der Waals surface area contributed by atoms with E-state index in [-0.39, 0.29) is 18.3 Å². The van der Waals surface area contributed by atoms with E-state index in [1.165, 1.54) is 6.07 Å². The average Bonchev–Trinajstić information content (AvgIpc) is 2.33. The second-order valence-electron chi connectivity index (χ2n) is 4.63. The summed E-state index contributed by atoms with van der Waals surface area (Å²) in [7, 11) is 0. The van der Waals surface area contributed by atoms with Crippen molar-refractivity contribution in [3.8, 4) is 5.75 Å². The highest BCUT2D eigenvalue weighted by molar-refractivity contribution is 5.35. The van der Waals surface area contributed by atoms with Crippen molar-refractivity contribution in [1.29, 1.82) is 0 Å². The Morgan fingerprint density at radius 1 is 1.30 bits per heavy atom. The van der Waals surface area contributed by atoms with Gasteiger partial charge in [-0.3, -0.25) is 0 Å². The molecule has 7 heteroatoms. The highest BCUT2D eigenvalue weighted by atomic mass is 19.4. The van der Waals surface area contributed by atoms with Gasteiger partial charge in [-0.2, -0.15) is 13.2 Å². The Morgan fingerprint density at radius 3 is 2.50 bits per heavy atom. The van der Waals surface area contributed by atoms with Gasteiger partial charge in [0, 0.05) is 18.2 Å². The van der Waals surface area contributed by atoms with Gasteiger partial charge in [0.05, 0.1) is 0 Å². The topological polar surface area (TPSA) is 41.5 Å². The Morgan fingerprint density at radius 2 is 1.95 bits per heavy atom. The van der Waals surface area contributed by atoms with E-state index in [9.17, 15) is 17.6 Å². The molecular formula is C13H17F4NO2. The maximum atomic E-state index is 13.6. The average molecular weight is 295 g/mol. The summed E-state index contributed by atoms with van der Waals surface area (Å²) in [4.78, 5) is 0. The van der Waals surface area contributed by atoms with Crippen LogP contribution in [0.15, 0.2) is 18.2 Å². The number of aliphatic hydroxyl groups is 1. The summed E-state index contributed by atoms with van der Waals surface area (Å²) in [5.74, 6) is -1.04. The quantitative estimate of drug-likeness (QED) is 0.793. The molecule has 1 aromatic carbocycles. The van der Waals surface area contributed by atoms with E-state index in [0.717, 1.165) is 6.07 Å². The highest BCUT2D eigenvalue weighted by Gasteiger charge is 2.39. The van der Waals surface area contributed by atoms with Crippen LogP contribution in [0.2, 0.25) is 0 Å². The fourth-order valence-corrected chi connectivity index (χ4v) is 1.43. The smallest absolute Gasteiger partial charge is 0.417 e. The molecule has 114 valence electrons. The fraction of sp³-hybridized carbons (Fsp3) is 0.538. The van der Waals surface area contributed by atoms with Crippen molar-refractivity contribution in [2.24, 2.45) is 0 Å². The van der Waals surface area contributed by atoms with Crippen LogP contribution >= 0.6 is 0 Å². The van der Waals surface area contributed by atoms with Gasteiger partial charge >= 0.3 is 6.18 Å². The van der Waals surface area contributed by atoms with Gasteiger partial charge in [0.25, 0.3) is 0 Å². The van der Waals surface area contributed by atoms with Gasteiger partial charge in [-0.1, -0.05) is 26.0 Å². The van der Waals surface area contributed by atoms with E-state index in [2.05, 4.69) is 5.32 Å². The molecule has 0 aromatic heterocycles. The monoisotopic (exact) mass is 295 g/mol. The summed E-state index contributed by atoms with van der Waals surface area (Å²) < 4.78 is 54.9. The molecule has 0 aliphatic rings. The summed E-state index contributed by atoms with van der Waals surface area (Å²) in [6, 6.07) is 4.22. The van der Waals surface area contributed by atoms with Gasteiger partial charge in [-0.25, -0.2) is 4.39 Å². The summed E-state index contributed by atoms with van der Waals surface area (Å²) in [6.07, 6.45) is -7.44. The van der Waals surface area contributed by atoms with Crippen molar-refractivity contribution in [2.75, 3.05) is 6.61 Å². The lowest BCUT2D eigenvalue weighted by atomic mass is 10.2. The van der Waals surface area contributed by atoms with Crippen LogP contribution in [0.25, 0.3) is 0 Å². The third-order valence-electron chi connectivity index (χ3n) is 2.51. The minimum absolute atomic E-state index is 0.131. The van der Waals surface area contributed by atoms with Crippen LogP contribution in [-0.4, -0.2) is 30.0 Å². The third kappa shape index (κ3) is 4.97. The van der Waals surface area contributed by atoms with Crippen LogP contribution in [0, 0.1) is 5.82 Å². The van der Waals surface area contributed by atoms with Crippen molar-refractivity contribution in [1.82, 2.24) is 5.32 Å². The summed E-state index contributed by atoms with van der Waals surface area (Å²) >= 11 is 0. The van der Waals surface area contributed by atoms with Gasteiger partial charge in [0.1, 0.15) is 6.61 Å². The number of hydrogen-bond acceptors (Lipinski definition) is 3. The standard InChI is InChI=1S/C13H17F4NO2/c1-8(2)18-6-9-4-3-5-10(14)12(9)20-7-11(19)13(15,16)17/h3-5,8,11,18-19H,6-7H2,1-2H3. The number of hydrogen-bond donors (Lipinski definition) is 2. The lowest BCUT2D eigenvalue weighted by molar-refractivity contribution is -0.210. The normalized spacial score (nSPS) is 13.6. The van der Waals surface area contributed by atoms with Crippen LogP contribution in [0.5, 0.6) is 5.75 Å². The Kier molecular flexibility index (Phi) is 5.76. The predicted molar refractivity (Wildman–Crippen MR) is 65.9 cm³/mol. The lowest BCUT2D eigenvalue weighted by Crippen LogP contribution is -2.34. The van der Waals surface area contributed by atoms with E-state index in [0.29, 0.717) is 5.56 Å². The summed E-state index contributed by atoms with van der Waals surface area (Å²) in [5, 5.41) is 11.9. The van der Waals surface area contributed by atoms with Gasteiger partial charge in [0.15, 0.2) is 17.7 Å². The molecule has 1 atom stereocenters. The van der Waals surface area contributed by atoms with Gasteiger partial charge < -0.3 is 15.2 Å². The van der Waals surface area contributed by atoms with E-state index in [1.54, 1.807) is 6.07 Å². The molecule has 0 saturated carbocycles. The molecule has 2 N–H and O–H groups in total. The summed E-state index contributed by atoms with van der Waals surface area (Å²) in [6.45, 7) is 2.98. The molecular weight excluding hydrogens is 278 g/mol. The van der Waals surface area contributed by atoms with Crippen LogP contribution < -0.4 is 10.1 Å². The van der Waals surface area contributed by atoms with Crippen molar-refractivity contribution in [3.63, 3.8) is 0 Å². The minimum Gasteiger partial charge on any atom is -0.487 e. The Labute approximate surface area is 114 Å². The largest absolute Gasteiger partial charge is 0.487 e. The molecule has 0 saturated heterocycles. The molecule has 0 radical (unpaired) electrons. The van der Waals surface area contributed by atoms with Crippen molar-refractivity contribution < 1.29 is 27.4 Å². The molecule has 0 fully saturated rings. The number of nitrogens with one attached hydrogen (secondary N) is 1. The Balaban J connectivity index is 2.77. The lowest BCUT2D eigenvalue weighted by Gasteiger charge is -2.18. The van der Waals surface area contributed by atoms with Crippen LogP contribution in [0.4, 0.5) is 17.6 Å². The second kappa shape index (κ2) is 6.90. The molecule has 20 heavy (non-hydrogen) atoms.